The SMILES string of the molecule is O=C(CCn1cc(Br)ccc1=O)N1CCC[C@H](O)C1. The number of pyridine rings is 1. The molecule has 1 aliphatic rings. The summed E-state index contributed by atoms with van der Waals surface area (Å²) < 4.78 is 2.33. The lowest BCUT2D eigenvalue weighted by atomic mass is 10.1. The van der Waals surface area contributed by atoms with Crippen molar-refractivity contribution in [3.05, 3.63) is 33.2 Å². The van der Waals surface area contributed by atoms with Crippen LogP contribution in [0.4, 0.5) is 0 Å². The Balaban J connectivity index is 1.93. The van der Waals surface area contributed by atoms with Crippen molar-refractivity contribution in [2.45, 2.75) is 31.9 Å². The molecule has 1 N–H and O–H groups in total. The normalized spacial score (nSPS) is 19.5. The lowest BCUT2D eigenvalue weighted by Crippen LogP contribution is -2.42. The van der Waals surface area contributed by atoms with Gasteiger partial charge in [0.1, 0.15) is 0 Å². The van der Waals surface area contributed by atoms with Gasteiger partial charge in [0.15, 0.2) is 0 Å². The first-order chi connectivity index (χ1) is 9.06. The minimum absolute atomic E-state index is 0.00868. The van der Waals surface area contributed by atoms with Crippen molar-refractivity contribution in [3.63, 3.8) is 0 Å². The zero-order valence-electron chi connectivity index (χ0n) is 10.6. The summed E-state index contributed by atoms with van der Waals surface area (Å²) in [5, 5.41) is 9.54. The number of piperidine rings is 1. The van der Waals surface area contributed by atoms with Gasteiger partial charge >= 0.3 is 0 Å². The van der Waals surface area contributed by atoms with Crippen LogP contribution in [0.15, 0.2) is 27.6 Å². The second kappa shape index (κ2) is 6.34. The first-order valence-electron chi connectivity index (χ1n) is 6.38. The summed E-state index contributed by atoms with van der Waals surface area (Å²) in [5.41, 5.74) is -0.116. The third-order valence-electron chi connectivity index (χ3n) is 3.26. The van der Waals surface area contributed by atoms with Gasteiger partial charge in [-0.15, -0.1) is 0 Å². The number of aryl methyl sites for hydroxylation is 1. The predicted molar refractivity (Wildman–Crippen MR) is 74.8 cm³/mol. The summed E-state index contributed by atoms with van der Waals surface area (Å²) >= 11 is 3.30. The zero-order valence-corrected chi connectivity index (χ0v) is 12.2. The molecule has 0 spiro atoms. The van der Waals surface area contributed by atoms with Crippen molar-refractivity contribution in [2.24, 2.45) is 0 Å². The Morgan fingerprint density at radius 2 is 2.26 bits per heavy atom. The molecule has 1 amide bonds. The van der Waals surface area contributed by atoms with Gasteiger partial charge in [-0.1, -0.05) is 0 Å². The van der Waals surface area contributed by atoms with E-state index in [1.807, 2.05) is 0 Å². The van der Waals surface area contributed by atoms with E-state index in [-0.39, 0.29) is 17.9 Å². The first kappa shape index (κ1) is 14.3. The van der Waals surface area contributed by atoms with Crippen molar-refractivity contribution in [2.75, 3.05) is 13.1 Å². The molecule has 1 fully saturated rings. The zero-order chi connectivity index (χ0) is 13.8. The van der Waals surface area contributed by atoms with Crippen LogP contribution < -0.4 is 5.56 Å². The Morgan fingerprint density at radius 1 is 1.47 bits per heavy atom. The summed E-state index contributed by atoms with van der Waals surface area (Å²) in [5.74, 6) is -0.00868. The van der Waals surface area contributed by atoms with E-state index in [9.17, 15) is 14.7 Å². The van der Waals surface area contributed by atoms with Gasteiger partial charge in [-0.05, 0) is 34.8 Å². The highest BCUT2D eigenvalue weighted by molar-refractivity contribution is 9.10. The van der Waals surface area contributed by atoms with E-state index in [1.54, 1.807) is 17.2 Å². The van der Waals surface area contributed by atoms with Crippen LogP contribution in [0.2, 0.25) is 0 Å². The van der Waals surface area contributed by atoms with E-state index < -0.39 is 6.10 Å². The van der Waals surface area contributed by atoms with Crippen LogP contribution in [0.25, 0.3) is 0 Å². The number of aromatic nitrogens is 1. The van der Waals surface area contributed by atoms with Crippen molar-refractivity contribution in [1.29, 1.82) is 0 Å². The van der Waals surface area contributed by atoms with Gasteiger partial charge in [-0.25, -0.2) is 0 Å². The van der Waals surface area contributed by atoms with Crippen LogP contribution in [-0.2, 0) is 11.3 Å². The molecule has 104 valence electrons. The van der Waals surface area contributed by atoms with Gasteiger partial charge in [0.25, 0.3) is 5.56 Å². The molecule has 1 atom stereocenters. The van der Waals surface area contributed by atoms with E-state index in [2.05, 4.69) is 15.9 Å². The highest BCUT2D eigenvalue weighted by atomic mass is 79.9. The van der Waals surface area contributed by atoms with Crippen molar-refractivity contribution < 1.29 is 9.90 Å². The molecule has 0 aromatic carbocycles. The van der Waals surface area contributed by atoms with E-state index in [0.29, 0.717) is 19.6 Å². The number of amides is 1. The fourth-order valence-corrected chi connectivity index (χ4v) is 2.61. The number of aliphatic hydroxyl groups is 1. The number of aliphatic hydroxyl groups excluding tert-OH is 1. The Labute approximate surface area is 120 Å². The summed E-state index contributed by atoms with van der Waals surface area (Å²) in [7, 11) is 0. The topological polar surface area (TPSA) is 62.5 Å². The molecule has 0 unspecified atom stereocenters. The fraction of sp³-hybridized carbons (Fsp3) is 0.538. The lowest BCUT2D eigenvalue weighted by molar-refractivity contribution is -0.134. The van der Waals surface area contributed by atoms with Crippen LogP contribution in [-0.4, -0.2) is 39.7 Å². The molecule has 0 radical (unpaired) electrons. The number of β-amino-alcohol motifs (C(OH)–C–C–N with tert-alkyl or cyclic N) is 1. The third-order valence-corrected chi connectivity index (χ3v) is 3.73. The summed E-state index contributed by atoms with van der Waals surface area (Å²) in [6, 6.07) is 3.15. The number of hydrogen-bond acceptors (Lipinski definition) is 3. The number of carbonyl (C=O) groups is 1. The van der Waals surface area contributed by atoms with Gasteiger partial charge < -0.3 is 14.6 Å². The molecule has 6 heteroatoms. The molecule has 1 aromatic rings. The molecule has 0 aliphatic carbocycles. The highest BCUT2D eigenvalue weighted by Crippen LogP contribution is 2.11. The molecule has 2 heterocycles. The maximum absolute atomic E-state index is 12.0. The van der Waals surface area contributed by atoms with Crippen LogP contribution in [0, 0.1) is 0 Å². The fourth-order valence-electron chi connectivity index (χ4n) is 2.23. The first-order valence-corrected chi connectivity index (χ1v) is 7.17. The van der Waals surface area contributed by atoms with Crippen LogP contribution >= 0.6 is 15.9 Å². The molecule has 2 rings (SSSR count). The Hall–Kier alpha value is -1.14. The van der Waals surface area contributed by atoms with Gasteiger partial charge in [-0.2, -0.15) is 0 Å². The molecule has 5 nitrogen and oxygen atoms in total. The standard InChI is InChI=1S/C13H17BrN2O3/c14-10-3-4-12(18)16(8-10)7-5-13(19)15-6-1-2-11(17)9-15/h3-4,8,11,17H,1-2,5-7,9H2/t11-/m0/s1. The number of nitrogens with zero attached hydrogens (tertiary/aromatic N) is 2. The molecular formula is C13H17BrN2O3. The van der Waals surface area contributed by atoms with E-state index in [0.717, 1.165) is 17.3 Å². The molecule has 1 saturated heterocycles. The second-order valence-corrected chi connectivity index (χ2v) is 5.68. The number of rotatable bonds is 3. The highest BCUT2D eigenvalue weighted by Gasteiger charge is 2.21. The number of halogens is 1. The number of carbonyl (C=O) groups excluding carboxylic acids is 1. The minimum Gasteiger partial charge on any atom is -0.391 e. The second-order valence-electron chi connectivity index (χ2n) is 4.76. The van der Waals surface area contributed by atoms with E-state index in [1.165, 1.54) is 10.6 Å². The molecule has 19 heavy (non-hydrogen) atoms. The largest absolute Gasteiger partial charge is 0.391 e. The van der Waals surface area contributed by atoms with Crippen molar-refractivity contribution in [1.82, 2.24) is 9.47 Å². The van der Waals surface area contributed by atoms with E-state index in [4.69, 9.17) is 0 Å². The molecule has 1 aromatic heterocycles. The maximum atomic E-state index is 12.0. The summed E-state index contributed by atoms with van der Waals surface area (Å²) in [4.78, 5) is 25.3. The maximum Gasteiger partial charge on any atom is 0.250 e. The van der Waals surface area contributed by atoms with E-state index >= 15 is 0 Å². The number of likely N-dealkylation sites (tertiary alicyclic amines) is 1. The molecule has 0 saturated carbocycles. The Bertz CT molecular complexity index is 515. The van der Waals surface area contributed by atoms with Crippen LogP contribution in [0.3, 0.4) is 0 Å². The summed E-state index contributed by atoms with van der Waals surface area (Å²) in [6.07, 6.45) is 3.15. The Kier molecular flexibility index (Phi) is 4.76. The van der Waals surface area contributed by atoms with Gasteiger partial charge in [0.2, 0.25) is 5.91 Å². The monoisotopic (exact) mass is 328 g/mol. The third kappa shape index (κ3) is 3.91. The molecule has 0 bridgehead atoms. The van der Waals surface area contributed by atoms with Gasteiger partial charge in [0.05, 0.1) is 6.10 Å². The van der Waals surface area contributed by atoms with Crippen LogP contribution in [0.1, 0.15) is 19.3 Å². The average Bonchev–Trinajstić information content (AvgIpc) is 2.39. The van der Waals surface area contributed by atoms with Crippen LogP contribution in [0.5, 0.6) is 0 Å². The summed E-state index contributed by atoms with van der Waals surface area (Å²) in [6.45, 7) is 1.47. The van der Waals surface area contributed by atoms with Crippen molar-refractivity contribution in [3.8, 4) is 0 Å². The van der Waals surface area contributed by atoms with Gasteiger partial charge in [0, 0.05) is 42.8 Å². The average molecular weight is 329 g/mol. The molecule has 1 aliphatic heterocycles. The Morgan fingerprint density at radius 3 is 3.00 bits per heavy atom. The predicted octanol–water partition coefficient (Wildman–Crippen LogP) is 0.984. The number of hydrogen-bond donors (Lipinski definition) is 1. The van der Waals surface area contributed by atoms with Crippen molar-refractivity contribution >= 4 is 21.8 Å². The minimum atomic E-state index is -0.411. The smallest absolute Gasteiger partial charge is 0.250 e. The van der Waals surface area contributed by atoms with Gasteiger partial charge in [-0.3, -0.25) is 9.59 Å². The lowest BCUT2D eigenvalue weighted by Gasteiger charge is -2.30. The quantitative estimate of drug-likeness (QED) is 0.899. The molecular weight excluding hydrogens is 312 g/mol.